The Morgan fingerprint density at radius 2 is 2.09 bits per heavy atom. The van der Waals surface area contributed by atoms with Crippen LogP contribution in [0.2, 0.25) is 0 Å². The molecule has 1 aromatic carbocycles. The molecule has 1 amide bonds. The summed E-state index contributed by atoms with van der Waals surface area (Å²) < 4.78 is 7.03. The standard InChI is InChI=1S/C24H25N7O3S/c1-3-34-23(33)19-13(2)28-24(35-19)30-22(32)15-8-6-14(7-9-15)17-18-20(25)27-11-12-31(18)21(29-17)16-5-4-10-26-16/h6-9,11-12,16,26H,3-5,10H2,1-2H3,(H2,25,27)(H,28,30,32)/t16-/m0/s1. The second-order valence-electron chi connectivity index (χ2n) is 8.18. The summed E-state index contributed by atoms with van der Waals surface area (Å²) in [4.78, 5) is 38.6. The Kier molecular flexibility index (Phi) is 6.18. The molecule has 5 rings (SSSR count). The minimum Gasteiger partial charge on any atom is -0.462 e. The fourth-order valence-corrected chi connectivity index (χ4v) is 5.08. The molecule has 0 aliphatic carbocycles. The summed E-state index contributed by atoms with van der Waals surface area (Å²) in [7, 11) is 0. The number of anilines is 2. The van der Waals surface area contributed by atoms with Gasteiger partial charge < -0.3 is 15.8 Å². The van der Waals surface area contributed by atoms with Crippen LogP contribution in [0.4, 0.5) is 10.9 Å². The van der Waals surface area contributed by atoms with Gasteiger partial charge in [0.15, 0.2) is 5.13 Å². The maximum atomic E-state index is 12.8. The third kappa shape index (κ3) is 4.35. The van der Waals surface area contributed by atoms with Gasteiger partial charge in [0.05, 0.1) is 18.3 Å². The topological polar surface area (TPSA) is 137 Å². The van der Waals surface area contributed by atoms with Crippen LogP contribution in [0, 0.1) is 6.92 Å². The van der Waals surface area contributed by atoms with Crippen LogP contribution >= 0.6 is 11.3 Å². The van der Waals surface area contributed by atoms with Crippen molar-refractivity contribution in [1.29, 1.82) is 0 Å². The van der Waals surface area contributed by atoms with Crippen LogP contribution in [-0.4, -0.2) is 44.4 Å². The SMILES string of the molecule is CCOC(=O)c1sc(NC(=O)c2ccc(-c3nc([C@@H]4CCCN4)n4ccnc(N)c34)cc2)nc1C. The van der Waals surface area contributed by atoms with E-state index in [-0.39, 0.29) is 18.6 Å². The zero-order valence-electron chi connectivity index (χ0n) is 19.4. The van der Waals surface area contributed by atoms with Gasteiger partial charge >= 0.3 is 5.97 Å². The molecule has 4 aromatic rings. The van der Waals surface area contributed by atoms with Crippen molar-refractivity contribution < 1.29 is 14.3 Å². The number of aryl methyl sites for hydroxylation is 1. The first kappa shape index (κ1) is 22.9. The number of carbonyl (C=O) groups excluding carboxylic acids is 2. The van der Waals surface area contributed by atoms with Crippen molar-refractivity contribution >= 4 is 39.7 Å². The van der Waals surface area contributed by atoms with E-state index in [0.717, 1.165) is 53.3 Å². The average molecular weight is 492 g/mol. The Morgan fingerprint density at radius 3 is 2.80 bits per heavy atom. The number of ether oxygens (including phenoxy) is 1. The van der Waals surface area contributed by atoms with Gasteiger partial charge in [-0.25, -0.2) is 19.7 Å². The minimum atomic E-state index is -0.444. The molecule has 0 bridgehead atoms. The molecule has 1 aliphatic heterocycles. The Morgan fingerprint density at radius 1 is 1.29 bits per heavy atom. The lowest BCUT2D eigenvalue weighted by Gasteiger charge is -2.08. The van der Waals surface area contributed by atoms with E-state index in [0.29, 0.717) is 27.1 Å². The summed E-state index contributed by atoms with van der Waals surface area (Å²) in [5.41, 5.74) is 9.50. The first-order valence-corrected chi connectivity index (χ1v) is 12.2. The summed E-state index contributed by atoms with van der Waals surface area (Å²) in [5.74, 6) is 0.533. The molecular formula is C24H25N7O3S. The van der Waals surface area contributed by atoms with E-state index < -0.39 is 5.97 Å². The smallest absolute Gasteiger partial charge is 0.350 e. The number of rotatable bonds is 6. The Balaban J connectivity index is 1.40. The molecule has 0 radical (unpaired) electrons. The molecule has 1 saturated heterocycles. The van der Waals surface area contributed by atoms with Crippen molar-refractivity contribution in [2.75, 3.05) is 24.2 Å². The van der Waals surface area contributed by atoms with Gasteiger partial charge in [-0.15, -0.1) is 0 Å². The van der Waals surface area contributed by atoms with Gasteiger partial charge in [0.1, 0.15) is 27.7 Å². The molecule has 1 fully saturated rings. The van der Waals surface area contributed by atoms with Gasteiger partial charge in [-0.1, -0.05) is 23.5 Å². The summed E-state index contributed by atoms with van der Waals surface area (Å²) >= 11 is 1.09. The fraction of sp³-hybridized carbons (Fsp3) is 0.292. The number of amides is 1. The second-order valence-corrected chi connectivity index (χ2v) is 9.18. The summed E-state index contributed by atoms with van der Waals surface area (Å²) in [6.45, 7) is 4.68. The quantitative estimate of drug-likeness (QED) is 0.348. The molecule has 4 heterocycles. The van der Waals surface area contributed by atoms with E-state index in [1.807, 2.05) is 22.7 Å². The molecule has 180 valence electrons. The first-order valence-electron chi connectivity index (χ1n) is 11.4. The molecule has 35 heavy (non-hydrogen) atoms. The van der Waals surface area contributed by atoms with Crippen LogP contribution < -0.4 is 16.4 Å². The van der Waals surface area contributed by atoms with E-state index >= 15 is 0 Å². The summed E-state index contributed by atoms with van der Waals surface area (Å²) in [6, 6.07) is 7.29. The molecule has 11 heteroatoms. The van der Waals surface area contributed by atoms with Crippen molar-refractivity contribution in [3.05, 3.63) is 58.6 Å². The molecule has 4 N–H and O–H groups in total. The van der Waals surface area contributed by atoms with Gasteiger partial charge in [0.2, 0.25) is 0 Å². The van der Waals surface area contributed by atoms with Crippen LogP contribution in [0.15, 0.2) is 36.7 Å². The highest BCUT2D eigenvalue weighted by Crippen LogP contribution is 2.32. The summed E-state index contributed by atoms with van der Waals surface area (Å²) in [6.07, 6.45) is 5.65. The Hall–Kier alpha value is -3.83. The highest BCUT2D eigenvalue weighted by atomic mass is 32.1. The number of hydrogen-bond acceptors (Lipinski definition) is 9. The molecule has 0 saturated carbocycles. The number of hydrogen-bond donors (Lipinski definition) is 3. The number of benzene rings is 1. The van der Waals surface area contributed by atoms with Crippen molar-refractivity contribution in [2.45, 2.75) is 32.7 Å². The van der Waals surface area contributed by atoms with Crippen molar-refractivity contribution in [3.8, 4) is 11.3 Å². The zero-order chi connectivity index (χ0) is 24.5. The maximum absolute atomic E-state index is 12.8. The predicted molar refractivity (Wildman–Crippen MR) is 134 cm³/mol. The number of thiazole rings is 1. The monoisotopic (exact) mass is 491 g/mol. The van der Waals surface area contributed by atoms with Crippen molar-refractivity contribution in [2.24, 2.45) is 0 Å². The second kappa shape index (κ2) is 9.43. The molecule has 1 aliphatic rings. The van der Waals surface area contributed by atoms with E-state index in [2.05, 4.69) is 20.6 Å². The highest BCUT2D eigenvalue weighted by molar-refractivity contribution is 7.17. The van der Waals surface area contributed by atoms with Crippen molar-refractivity contribution in [1.82, 2.24) is 24.7 Å². The Labute approximate surface area is 205 Å². The molecule has 0 spiro atoms. The van der Waals surface area contributed by atoms with Crippen molar-refractivity contribution in [3.63, 3.8) is 0 Å². The van der Waals surface area contributed by atoms with Crippen LogP contribution in [0.3, 0.4) is 0 Å². The van der Waals surface area contributed by atoms with Crippen LogP contribution in [-0.2, 0) is 4.74 Å². The average Bonchev–Trinajstić information content (AvgIpc) is 3.58. The highest BCUT2D eigenvalue weighted by Gasteiger charge is 2.25. The lowest BCUT2D eigenvalue weighted by Crippen LogP contribution is -2.16. The summed E-state index contributed by atoms with van der Waals surface area (Å²) in [5, 5.41) is 6.58. The molecule has 1 atom stereocenters. The van der Waals surface area contributed by atoms with Crippen LogP contribution in [0.25, 0.3) is 16.8 Å². The van der Waals surface area contributed by atoms with Crippen LogP contribution in [0.5, 0.6) is 0 Å². The van der Waals surface area contributed by atoms with Gasteiger partial charge in [-0.2, -0.15) is 0 Å². The number of aromatic nitrogens is 4. The lowest BCUT2D eigenvalue weighted by atomic mass is 10.1. The third-order valence-electron chi connectivity index (χ3n) is 5.88. The maximum Gasteiger partial charge on any atom is 0.350 e. The number of fused-ring (bicyclic) bond motifs is 1. The van der Waals surface area contributed by atoms with E-state index in [4.69, 9.17) is 15.5 Å². The van der Waals surface area contributed by atoms with E-state index in [9.17, 15) is 9.59 Å². The largest absolute Gasteiger partial charge is 0.462 e. The number of carbonyl (C=O) groups is 2. The van der Waals surface area contributed by atoms with Gasteiger partial charge in [0, 0.05) is 23.5 Å². The zero-order valence-corrected chi connectivity index (χ0v) is 20.2. The van der Waals surface area contributed by atoms with Gasteiger partial charge in [-0.3, -0.25) is 14.5 Å². The molecule has 0 unspecified atom stereocenters. The number of nitrogen functional groups attached to an aromatic ring is 1. The normalized spacial score (nSPS) is 15.4. The number of imidazole rings is 1. The number of nitrogens with zero attached hydrogens (tertiary/aromatic N) is 4. The third-order valence-corrected chi connectivity index (χ3v) is 6.93. The minimum absolute atomic E-state index is 0.157. The number of esters is 1. The van der Waals surface area contributed by atoms with Gasteiger partial charge in [0.25, 0.3) is 5.91 Å². The first-order chi connectivity index (χ1) is 17.0. The number of nitrogens with two attached hydrogens (primary N) is 1. The lowest BCUT2D eigenvalue weighted by molar-refractivity contribution is 0.0531. The van der Waals surface area contributed by atoms with E-state index in [1.54, 1.807) is 32.2 Å². The molecule has 3 aromatic heterocycles. The molecular weight excluding hydrogens is 466 g/mol. The van der Waals surface area contributed by atoms with Gasteiger partial charge in [-0.05, 0) is 45.4 Å². The van der Waals surface area contributed by atoms with Crippen LogP contribution in [0.1, 0.15) is 57.4 Å². The molecule has 10 nitrogen and oxygen atoms in total. The Bertz CT molecular complexity index is 1400. The predicted octanol–water partition coefficient (Wildman–Crippen LogP) is 3.60. The van der Waals surface area contributed by atoms with E-state index in [1.165, 1.54) is 0 Å². The fourth-order valence-electron chi connectivity index (χ4n) is 4.22. The number of nitrogens with one attached hydrogen (secondary N) is 2.